The van der Waals surface area contributed by atoms with E-state index >= 15 is 0 Å². The molecule has 0 aliphatic heterocycles. The molecule has 0 aromatic heterocycles. The molecule has 0 aliphatic rings. The number of ketones is 2. The average molecular weight is 184 g/mol. The van der Waals surface area contributed by atoms with Gasteiger partial charge in [-0.15, -0.1) is 0 Å². The highest BCUT2D eigenvalue weighted by molar-refractivity contribution is 6.08. The molecule has 0 aromatic carbocycles. The molecule has 1 atom stereocenters. The number of carboxylic acids is 1. The smallest absolute Gasteiger partial charge is 0.328 e. The van der Waals surface area contributed by atoms with Gasteiger partial charge in [-0.2, -0.15) is 0 Å². The number of carboxylic acid groups (broad SMARTS) is 1. The zero-order valence-corrected chi connectivity index (χ0v) is 7.61. The Hall–Kier alpha value is -1.45. The van der Waals surface area contributed by atoms with E-state index in [1.165, 1.54) is 6.92 Å². The second kappa shape index (κ2) is 5.24. The minimum Gasteiger partial charge on any atom is -0.478 e. The average Bonchev–Trinajstić information content (AvgIpc) is 2.01. The lowest BCUT2D eigenvalue weighted by molar-refractivity contribution is -0.133. The number of Topliss-reactive ketones (excluding diaryl/α,β-unsaturated/α-hetero) is 1. The third-order valence-electron chi connectivity index (χ3n) is 1.63. The Kier molecular flexibility index (Phi) is 4.66. The fourth-order valence-corrected chi connectivity index (χ4v) is 0.959. The normalized spacial score (nSPS) is 12.8. The maximum absolute atomic E-state index is 11.1. The molecular formula is C9H12O4. The number of hydrogen-bond donors (Lipinski definition) is 1. The molecule has 0 aromatic rings. The summed E-state index contributed by atoms with van der Waals surface area (Å²) in [5.41, 5.74) is 0. The van der Waals surface area contributed by atoms with Crippen molar-refractivity contribution in [2.24, 2.45) is 5.92 Å². The van der Waals surface area contributed by atoms with Gasteiger partial charge in [-0.05, 0) is 19.4 Å². The van der Waals surface area contributed by atoms with Gasteiger partial charge in [0.2, 0.25) is 0 Å². The van der Waals surface area contributed by atoms with Crippen molar-refractivity contribution in [2.45, 2.75) is 20.3 Å². The molecule has 0 saturated carbocycles. The van der Waals surface area contributed by atoms with Crippen molar-refractivity contribution in [3.63, 3.8) is 0 Å². The first-order valence-electron chi connectivity index (χ1n) is 3.94. The molecule has 4 heteroatoms. The summed E-state index contributed by atoms with van der Waals surface area (Å²) in [6.45, 7) is 3.03. The summed E-state index contributed by atoms with van der Waals surface area (Å²) in [5.74, 6) is -2.57. The zero-order valence-electron chi connectivity index (χ0n) is 7.61. The van der Waals surface area contributed by atoms with Crippen molar-refractivity contribution in [2.75, 3.05) is 0 Å². The highest BCUT2D eigenvalue weighted by Crippen LogP contribution is 2.06. The van der Waals surface area contributed by atoms with Gasteiger partial charge in [0.1, 0.15) is 5.78 Å². The summed E-state index contributed by atoms with van der Waals surface area (Å²) >= 11 is 0. The van der Waals surface area contributed by atoms with E-state index in [0.29, 0.717) is 6.42 Å². The fourth-order valence-electron chi connectivity index (χ4n) is 0.959. The molecule has 72 valence electrons. The molecule has 0 bridgehead atoms. The zero-order chi connectivity index (χ0) is 10.4. The molecule has 13 heavy (non-hydrogen) atoms. The SMILES string of the molecule is CCC(C(C)=O)C(=O)/C=C\C(=O)O. The van der Waals surface area contributed by atoms with E-state index in [1.807, 2.05) is 0 Å². The Morgan fingerprint density at radius 1 is 1.31 bits per heavy atom. The first-order chi connectivity index (χ1) is 5.99. The first kappa shape index (κ1) is 11.6. The van der Waals surface area contributed by atoms with E-state index in [2.05, 4.69) is 0 Å². The number of carbonyl (C=O) groups excluding carboxylic acids is 2. The Balaban J connectivity index is 4.39. The molecule has 0 fully saturated rings. The molecule has 4 nitrogen and oxygen atoms in total. The summed E-state index contributed by atoms with van der Waals surface area (Å²) in [6.07, 6.45) is 2.07. The van der Waals surface area contributed by atoms with Gasteiger partial charge >= 0.3 is 5.97 Å². The van der Waals surface area contributed by atoms with Crippen molar-refractivity contribution >= 4 is 17.5 Å². The van der Waals surface area contributed by atoms with Crippen LogP contribution < -0.4 is 0 Å². The molecule has 1 unspecified atom stereocenters. The summed E-state index contributed by atoms with van der Waals surface area (Å²) in [5, 5.41) is 8.23. The van der Waals surface area contributed by atoms with Crippen LogP contribution in [0, 0.1) is 5.92 Å². The van der Waals surface area contributed by atoms with Crippen LogP contribution in [0.25, 0.3) is 0 Å². The van der Waals surface area contributed by atoms with Gasteiger partial charge in [0.25, 0.3) is 0 Å². The lowest BCUT2D eigenvalue weighted by Crippen LogP contribution is -2.19. The van der Waals surface area contributed by atoms with E-state index in [0.717, 1.165) is 12.2 Å². The third-order valence-corrected chi connectivity index (χ3v) is 1.63. The van der Waals surface area contributed by atoms with E-state index in [9.17, 15) is 14.4 Å². The van der Waals surface area contributed by atoms with Crippen molar-refractivity contribution in [1.82, 2.24) is 0 Å². The van der Waals surface area contributed by atoms with E-state index < -0.39 is 17.7 Å². The molecule has 0 aliphatic carbocycles. The monoisotopic (exact) mass is 184 g/mol. The molecule has 0 amide bonds. The maximum Gasteiger partial charge on any atom is 0.328 e. The van der Waals surface area contributed by atoms with Crippen LogP contribution in [-0.2, 0) is 14.4 Å². The van der Waals surface area contributed by atoms with E-state index in [1.54, 1.807) is 6.92 Å². The Labute approximate surface area is 76.2 Å². The number of carbonyl (C=O) groups is 3. The number of hydrogen-bond acceptors (Lipinski definition) is 3. The fraction of sp³-hybridized carbons (Fsp3) is 0.444. The van der Waals surface area contributed by atoms with Crippen molar-refractivity contribution in [3.05, 3.63) is 12.2 Å². The Morgan fingerprint density at radius 2 is 1.85 bits per heavy atom. The van der Waals surface area contributed by atoms with Crippen LogP contribution in [0.4, 0.5) is 0 Å². The predicted octanol–water partition coefficient (Wildman–Crippen LogP) is 0.811. The van der Waals surface area contributed by atoms with Crippen LogP contribution in [0.3, 0.4) is 0 Å². The maximum atomic E-state index is 11.1. The van der Waals surface area contributed by atoms with Crippen molar-refractivity contribution in [1.29, 1.82) is 0 Å². The van der Waals surface area contributed by atoms with Crippen LogP contribution in [0.2, 0.25) is 0 Å². The van der Waals surface area contributed by atoms with Gasteiger partial charge < -0.3 is 5.11 Å². The van der Waals surface area contributed by atoms with Gasteiger partial charge in [0, 0.05) is 6.08 Å². The quantitative estimate of drug-likeness (QED) is 0.507. The van der Waals surface area contributed by atoms with Crippen LogP contribution in [0.5, 0.6) is 0 Å². The molecule has 0 rings (SSSR count). The summed E-state index contributed by atoms with van der Waals surface area (Å²) in [4.78, 5) is 32.1. The summed E-state index contributed by atoms with van der Waals surface area (Å²) in [6, 6.07) is 0. The van der Waals surface area contributed by atoms with Gasteiger partial charge in [0.05, 0.1) is 5.92 Å². The highest BCUT2D eigenvalue weighted by atomic mass is 16.4. The summed E-state index contributed by atoms with van der Waals surface area (Å²) < 4.78 is 0. The third kappa shape index (κ3) is 4.20. The Morgan fingerprint density at radius 3 is 2.15 bits per heavy atom. The molecule has 0 spiro atoms. The first-order valence-corrected chi connectivity index (χ1v) is 3.94. The van der Waals surface area contributed by atoms with E-state index in [-0.39, 0.29) is 5.78 Å². The van der Waals surface area contributed by atoms with Gasteiger partial charge in [-0.25, -0.2) is 4.79 Å². The van der Waals surface area contributed by atoms with Gasteiger partial charge in [-0.3, -0.25) is 9.59 Å². The number of allylic oxidation sites excluding steroid dienone is 1. The minimum absolute atomic E-state index is 0.234. The molecule has 0 saturated heterocycles. The Bertz CT molecular complexity index is 252. The van der Waals surface area contributed by atoms with Crippen LogP contribution in [0.1, 0.15) is 20.3 Å². The van der Waals surface area contributed by atoms with Crippen LogP contribution in [-0.4, -0.2) is 22.6 Å². The van der Waals surface area contributed by atoms with Gasteiger partial charge in [0.15, 0.2) is 5.78 Å². The van der Waals surface area contributed by atoms with E-state index in [4.69, 9.17) is 5.11 Å². The second-order valence-corrected chi connectivity index (χ2v) is 2.65. The van der Waals surface area contributed by atoms with Gasteiger partial charge in [-0.1, -0.05) is 6.92 Å². The molecule has 0 radical (unpaired) electrons. The standard InChI is InChI=1S/C9H12O4/c1-3-7(6(2)10)8(11)4-5-9(12)13/h4-5,7H,3H2,1-2H3,(H,12,13)/b5-4-. The lowest BCUT2D eigenvalue weighted by atomic mass is 9.97. The predicted molar refractivity (Wildman–Crippen MR) is 46.2 cm³/mol. The molecular weight excluding hydrogens is 172 g/mol. The number of aliphatic carboxylic acids is 1. The minimum atomic E-state index is -1.19. The summed E-state index contributed by atoms with van der Waals surface area (Å²) in [7, 11) is 0. The lowest BCUT2D eigenvalue weighted by Gasteiger charge is -2.05. The number of rotatable bonds is 5. The second-order valence-electron chi connectivity index (χ2n) is 2.65. The van der Waals surface area contributed by atoms with Crippen molar-refractivity contribution in [3.8, 4) is 0 Å². The van der Waals surface area contributed by atoms with Crippen LogP contribution in [0.15, 0.2) is 12.2 Å². The highest BCUT2D eigenvalue weighted by Gasteiger charge is 2.18. The largest absolute Gasteiger partial charge is 0.478 e. The topological polar surface area (TPSA) is 71.4 Å². The van der Waals surface area contributed by atoms with Crippen LogP contribution >= 0.6 is 0 Å². The molecule has 1 N–H and O–H groups in total. The van der Waals surface area contributed by atoms with Crippen molar-refractivity contribution < 1.29 is 19.5 Å². The molecule has 0 heterocycles.